The van der Waals surface area contributed by atoms with Crippen LogP contribution in [0.1, 0.15) is 17.3 Å². The zero-order chi connectivity index (χ0) is 15.8. The molecule has 0 atom stereocenters. The number of anilines is 1. The standard InChI is InChI=1S/C15H17N3O4/c1-2-21-14(19)12-3-5-13(6-4-12)17-15(20)22-10-9-18-8-7-16-11-18/h3-8,11H,2,9-10H2,1H3,(H,17,20). The smallest absolute Gasteiger partial charge is 0.411 e. The summed E-state index contributed by atoms with van der Waals surface area (Å²) in [5.74, 6) is -0.392. The summed E-state index contributed by atoms with van der Waals surface area (Å²) in [5, 5.41) is 2.58. The highest BCUT2D eigenvalue weighted by Gasteiger charge is 2.07. The second kappa shape index (κ2) is 7.82. The van der Waals surface area contributed by atoms with Crippen LogP contribution in [-0.2, 0) is 16.0 Å². The summed E-state index contributed by atoms with van der Waals surface area (Å²) in [7, 11) is 0. The van der Waals surface area contributed by atoms with Gasteiger partial charge in [0.1, 0.15) is 6.61 Å². The molecule has 1 aromatic heterocycles. The number of amides is 1. The number of imidazole rings is 1. The van der Waals surface area contributed by atoms with Gasteiger partial charge in [-0.3, -0.25) is 5.32 Å². The van der Waals surface area contributed by atoms with E-state index in [2.05, 4.69) is 10.3 Å². The Kier molecular flexibility index (Phi) is 5.53. The van der Waals surface area contributed by atoms with Gasteiger partial charge in [0.05, 0.1) is 25.0 Å². The molecule has 1 heterocycles. The third kappa shape index (κ3) is 4.62. The maximum Gasteiger partial charge on any atom is 0.411 e. The molecule has 0 bridgehead atoms. The minimum absolute atomic E-state index is 0.239. The molecule has 0 radical (unpaired) electrons. The number of hydrogen-bond acceptors (Lipinski definition) is 5. The van der Waals surface area contributed by atoms with Crippen molar-refractivity contribution in [3.63, 3.8) is 0 Å². The Labute approximate surface area is 127 Å². The number of rotatable bonds is 6. The molecule has 1 N–H and O–H groups in total. The summed E-state index contributed by atoms with van der Waals surface area (Å²) in [6, 6.07) is 6.39. The average molecular weight is 303 g/mol. The zero-order valence-corrected chi connectivity index (χ0v) is 12.2. The molecule has 7 nitrogen and oxygen atoms in total. The molecule has 0 saturated heterocycles. The monoisotopic (exact) mass is 303 g/mol. The van der Waals surface area contributed by atoms with Crippen LogP contribution in [0.3, 0.4) is 0 Å². The van der Waals surface area contributed by atoms with Gasteiger partial charge in [0.15, 0.2) is 0 Å². The number of carbonyl (C=O) groups is 2. The first-order valence-electron chi connectivity index (χ1n) is 6.85. The Morgan fingerprint density at radius 3 is 2.64 bits per heavy atom. The van der Waals surface area contributed by atoms with E-state index in [1.54, 1.807) is 54.5 Å². The number of carbonyl (C=O) groups excluding carboxylic acids is 2. The highest BCUT2D eigenvalue weighted by atomic mass is 16.5. The molecule has 0 aliphatic carbocycles. The van der Waals surface area contributed by atoms with Crippen LogP contribution >= 0.6 is 0 Å². The van der Waals surface area contributed by atoms with Gasteiger partial charge in [-0.1, -0.05) is 0 Å². The van der Waals surface area contributed by atoms with Crippen molar-refractivity contribution in [1.29, 1.82) is 0 Å². The van der Waals surface area contributed by atoms with E-state index in [1.807, 2.05) is 0 Å². The van der Waals surface area contributed by atoms with Gasteiger partial charge < -0.3 is 14.0 Å². The van der Waals surface area contributed by atoms with E-state index in [0.29, 0.717) is 24.4 Å². The van der Waals surface area contributed by atoms with Crippen molar-refractivity contribution in [2.45, 2.75) is 13.5 Å². The van der Waals surface area contributed by atoms with Crippen LogP contribution in [0.4, 0.5) is 10.5 Å². The summed E-state index contributed by atoms with van der Waals surface area (Å²) in [5.41, 5.74) is 0.974. The fourth-order valence-corrected chi connectivity index (χ4v) is 1.72. The second-order valence-corrected chi connectivity index (χ2v) is 4.36. The third-order valence-corrected chi connectivity index (χ3v) is 2.78. The zero-order valence-electron chi connectivity index (χ0n) is 12.2. The van der Waals surface area contributed by atoms with Crippen molar-refractivity contribution in [2.24, 2.45) is 0 Å². The van der Waals surface area contributed by atoms with Crippen molar-refractivity contribution in [3.05, 3.63) is 48.5 Å². The number of nitrogens with one attached hydrogen (secondary N) is 1. The van der Waals surface area contributed by atoms with E-state index in [0.717, 1.165) is 0 Å². The maximum absolute atomic E-state index is 11.6. The highest BCUT2D eigenvalue weighted by molar-refractivity contribution is 5.91. The van der Waals surface area contributed by atoms with Crippen LogP contribution in [0.25, 0.3) is 0 Å². The molecule has 0 unspecified atom stereocenters. The van der Waals surface area contributed by atoms with Gasteiger partial charge in [-0.2, -0.15) is 0 Å². The van der Waals surface area contributed by atoms with Crippen LogP contribution < -0.4 is 5.32 Å². The van der Waals surface area contributed by atoms with E-state index in [4.69, 9.17) is 9.47 Å². The van der Waals surface area contributed by atoms with E-state index in [-0.39, 0.29) is 6.61 Å². The summed E-state index contributed by atoms with van der Waals surface area (Å²) < 4.78 is 11.7. The number of benzene rings is 1. The van der Waals surface area contributed by atoms with Crippen molar-refractivity contribution in [1.82, 2.24) is 9.55 Å². The maximum atomic E-state index is 11.6. The van der Waals surface area contributed by atoms with Crippen LogP contribution in [-0.4, -0.2) is 34.8 Å². The van der Waals surface area contributed by atoms with Crippen molar-refractivity contribution in [3.8, 4) is 0 Å². The molecule has 1 amide bonds. The first-order valence-corrected chi connectivity index (χ1v) is 6.85. The predicted octanol–water partition coefficient (Wildman–Crippen LogP) is 2.31. The molecule has 116 valence electrons. The lowest BCUT2D eigenvalue weighted by Crippen LogP contribution is -2.16. The van der Waals surface area contributed by atoms with Crippen LogP contribution in [0, 0.1) is 0 Å². The SMILES string of the molecule is CCOC(=O)c1ccc(NC(=O)OCCn2ccnc2)cc1. The average Bonchev–Trinajstić information content (AvgIpc) is 3.01. The topological polar surface area (TPSA) is 82.5 Å². The molecule has 0 spiro atoms. The van der Waals surface area contributed by atoms with E-state index < -0.39 is 12.1 Å². The first kappa shape index (κ1) is 15.6. The third-order valence-electron chi connectivity index (χ3n) is 2.78. The molecule has 1 aromatic carbocycles. The van der Waals surface area contributed by atoms with Gasteiger partial charge in [-0.15, -0.1) is 0 Å². The van der Waals surface area contributed by atoms with E-state index in [1.165, 1.54) is 0 Å². The number of nitrogens with zero attached hydrogens (tertiary/aromatic N) is 2. The Morgan fingerprint density at radius 1 is 1.23 bits per heavy atom. The Bertz CT molecular complexity index is 608. The summed E-state index contributed by atoms with van der Waals surface area (Å²) in [6.45, 7) is 2.84. The first-order chi connectivity index (χ1) is 10.7. The fourth-order valence-electron chi connectivity index (χ4n) is 1.72. The molecule has 0 aliphatic rings. The minimum atomic E-state index is -0.552. The second-order valence-electron chi connectivity index (χ2n) is 4.36. The van der Waals surface area contributed by atoms with Crippen molar-refractivity contribution < 1.29 is 19.1 Å². The molecular formula is C15H17N3O4. The molecule has 2 rings (SSSR count). The normalized spacial score (nSPS) is 10.0. The summed E-state index contributed by atoms with van der Waals surface area (Å²) >= 11 is 0. The van der Waals surface area contributed by atoms with Gasteiger partial charge in [0, 0.05) is 18.1 Å². The highest BCUT2D eigenvalue weighted by Crippen LogP contribution is 2.11. The Balaban J connectivity index is 1.77. The quantitative estimate of drug-likeness (QED) is 0.828. The molecular weight excluding hydrogens is 286 g/mol. The van der Waals surface area contributed by atoms with E-state index >= 15 is 0 Å². The summed E-state index contributed by atoms with van der Waals surface area (Å²) in [6.07, 6.45) is 4.54. The van der Waals surface area contributed by atoms with Crippen LogP contribution in [0.2, 0.25) is 0 Å². The Morgan fingerprint density at radius 2 is 2.00 bits per heavy atom. The molecule has 0 saturated carbocycles. The van der Waals surface area contributed by atoms with Crippen molar-refractivity contribution in [2.75, 3.05) is 18.5 Å². The van der Waals surface area contributed by atoms with Crippen LogP contribution in [0.15, 0.2) is 43.0 Å². The fraction of sp³-hybridized carbons (Fsp3) is 0.267. The van der Waals surface area contributed by atoms with Gasteiger partial charge in [-0.05, 0) is 31.2 Å². The number of aromatic nitrogens is 2. The minimum Gasteiger partial charge on any atom is -0.462 e. The van der Waals surface area contributed by atoms with Gasteiger partial charge in [0.2, 0.25) is 0 Å². The largest absolute Gasteiger partial charge is 0.462 e. The number of hydrogen-bond donors (Lipinski definition) is 1. The lowest BCUT2D eigenvalue weighted by molar-refractivity contribution is 0.0526. The predicted molar refractivity (Wildman–Crippen MR) is 79.6 cm³/mol. The molecule has 2 aromatic rings. The van der Waals surface area contributed by atoms with Gasteiger partial charge >= 0.3 is 12.1 Å². The molecule has 7 heteroatoms. The van der Waals surface area contributed by atoms with Crippen molar-refractivity contribution >= 4 is 17.7 Å². The lowest BCUT2D eigenvalue weighted by Gasteiger charge is -2.08. The molecule has 0 aliphatic heterocycles. The summed E-state index contributed by atoms with van der Waals surface area (Å²) in [4.78, 5) is 27.0. The molecule has 0 fully saturated rings. The lowest BCUT2D eigenvalue weighted by atomic mass is 10.2. The number of esters is 1. The number of ether oxygens (including phenoxy) is 2. The van der Waals surface area contributed by atoms with Gasteiger partial charge in [-0.25, -0.2) is 14.6 Å². The Hall–Kier alpha value is -2.83. The van der Waals surface area contributed by atoms with E-state index in [9.17, 15) is 9.59 Å². The van der Waals surface area contributed by atoms with Gasteiger partial charge in [0.25, 0.3) is 0 Å². The molecule has 22 heavy (non-hydrogen) atoms. The van der Waals surface area contributed by atoms with Crippen LogP contribution in [0.5, 0.6) is 0 Å².